The number of hydrogen-bond acceptors (Lipinski definition) is 4. The van der Waals surface area contributed by atoms with Crippen LogP contribution < -0.4 is 5.73 Å². The van der Waals surface area contributed by atoms with Crippen molar-refractivity contribution in [3.05, 3.63) is 42.0 Å². The zero-order valence-electron chi connectivity index (χ0n) is 11.6. The number of carboxylic acids is 1. The van der Waals surface area contributed by atoms with Gasteiger partial charge >= 0.3 is 11.9 Å². The Labute approximate surface area is 118 Å². The van der Waals surface area contributed by atoms with Crippen molar-refractivity contribution < 1.29 is 19.4 Å². The molecule has 0 heterocycles. The predicted octanol–water partition coefficient (Wildman–Crippen LogP) is 2.03. The predicted molar refractivity (Wildman–Crippen MR) is 75.6 cm³/mol. The van der Waals surface area contributed by atoms with Crippen molar-refractivity contribution in [3.8, 4) is 0 Å². The first kappa shape index (κ1) is 15.9. The number of rotatable bonds is 6. The maximum absolute atomic E-state index is 11.7. The summed E-state index contributed by atoms with van der Waals surface area (Å²) in [6.07, 6.45) is 2.76. The molecule has 108 valence electrons. The molecule has 0 radical (unpaired) electrons. The molecule has 1 aromatic rings. The van der Waals surface area contributed by atoms with Crippen molar-refractivity contribution in [1.29, 1.82) is 0 Å². The van der Waals surface area contributed by atoms with Gasteiger partial charge in [-0.3, -0.25) is 5.73 Å². The summed E-state index contributed by atoms with van der Waals surface area (Å²) < 4.78 is 4.88. The molecule has 0 saturated carbocycles. The van der Waals surface area contributed by atoms with Gasteiger partial charge in [0.25, 0.3) is 5.72 Å². The summed E-state index contributed by atoms with van der Waals surface area (Å²) in [6.45, 7) is 3.61. The molecule has 0 aromatic heterocycles. The number of nitrogens with two attached hydrogens (primary N) is 1. The van der Waals surface area contributed by atoms with E-state index < -0.39 is 17.7 Å². The van der Waals surface area contributed by atoms with Gasteiger partial charge < -0.3 is 9.84 Å². The fraction of sp³-hybridized carbons (Fsp3) is 0.333. The topological polar surface area (TPSA) is 89.6 Å². The molecule has 0 spiro atoms. The summed E-state index contributed by atoms with van der Waals surface area (Å²) in [5.41, 5.74) is 4.45. The minimum atomic E-state index is -1.99. The molecule has 0 aliphatic rings. The molecule has 5 heteroatoms. The molecule has 0 bridgehead atoms. The average Bonchev–Trinajstić information content (AvgIpc) is 2.36. The maximum atomic E-state index is 11.7. The normalized spacial score (nSPS) is 14.2. The van der Waals surface area contributed by atoms with Gasteiger partial charge in [0.2, 0.25) is 0 Å². The first-order valence-corrected chi connectivity index (χ1v) is 6.32. The van der Waals surface area contributed by atoms with Gasteiger partial charge in [0.1, 0.15) is 0 Å². The van der Waals surface area contributed by atoms with Crippen LogP contribution in [-0.4, -0.2) is 22.8 Å². The van der Waals surface area contributed by atoms with Crippen LogP contribution in [0.1, 0.15) is 25.8 Å². The third-order valence-electron chi connectivity index (χ3n) is 2.57. The second-order valence-corrected chi connectivity index (χ2v) is 4.96. The summed E-state index contributed by atoms with van der Waals surface area (Å²) >= 11 is 0. The monoisotopic (exact) mass is 277 g/mol. The number of carbonyl (C=O) groups excluding carboxylic acids is 1. The van der Waals surface area contributed by atoms with Crippen LogP contribution in [-0.2, 0) is 14.3 Å². The van der Waals surface area contributed by atoms with Crippen molar-refractivity contribution in [2.75, 3.05) is 0 Å². The van der Waals surface area contributed by atoms with Crippen LogP contribution in [0.2, 0.25) is 0 Å². The Kier molecular flexibility index (Phi) is 5.46. The largest absolute Gasteiger partial charge is 0.477 e. The van der Waals surface area contributed by atoms with E-state index in [9.17, 15) is 9.59 Å². The van der Waals surface area contributed by atoms with Gasteiger partial charge in [0.05, 0.1) is 0 Å². The molecule has 3 N–H and O–H groups in total. The summed E-state index contributed by atoms with van der Waals surface area (Å²) in [5, 5.41) is 9.09. The molecule has 1 unspecified atom stereocenters. The highest BCUT2D eigenvalue weighted by Gasteiger charge is 2.38. The Morgan fingerprint density at radius 3 is 2.45 bits per heavy atom. The molecule has 0 aliphatic carbocycles. The fourth-order valence-corrected chi connectivity index (χ4v) is 1.72. The third kappa shape index (κ3) is 4.85. The fourth-order valence-electron chi connectivity index (χ4n) is 1.72. The van der Waals surface area contributed by atoms with E-state index in [1.165, 1.54) is 6.08 Å². The molecule has 1 aromatic carbocycles. The number of benzene rings is 1. The Hall–Kier alpha value is -2.14. The first-order valence-electron chi connectivity index (χ1n) is 6.32. The minimum Gasteiger partial charge on any atom is -0.477 e. The molecule has 0 fully saturated rings. The second kappa shape index (κ2) is 6.86. The van der Waals surface area contributed by atoms with E-state index in [0.717, 1.165) is 5.56 Å². The van der Waals surface area contributed by atoms with Gasteiger partial charge in [0, 0.05) is 12.5 Å². The third-order valence-corrected chi connectivity index (χ3v) is 2.57. The van der Waals surface area contributed by atoms with Crippen molar-refractivity contribution in [2.45, 2.75) is 26.0 Å². The van der Waals surface area contributed by atoms with Crippen LogP contribution in [0.5, 0.6) is 0 Å². The smallest absolute Gasteiger partial charge is 0.363 e. The SMILES string of the molecule is CC(C)CC(N)(OC(=O)/C=C/c1ccccc1)C(=O)O. The maximum Gasteiger partial charge on any atom is 0.363 e. The van der Waals surface area contributed by atoms with Crippen molar-refractivity contribution in [2.24, 2.45) is 11.7 Å². The Bertz CT molecular complexity index is 496. The Morgan fingerprint density at radius 2 is 1.95 bits per heavy atom. The quantitative estimate of drug-likeness (QED) is 0.472. The zero-order chi connectivity index (χ0) is 15.2. The number of esters is 1. The van der Waals surface area contributed by atoms with Gasteiger partial charge in [-0.2, -0.15) is 0 Å². The number of hydrogen-bond donors (Lipinski definition) is 2. The van der Waals surface area contributed by atoms with Crippen LogP contribution in [0.4, 0.5) is 0 Å². The first-order chi connectivity index (χ1) is 9.33. The van der Waals surface area contributed by atoms with Crippen molar-refractivity contribution >= 4 is 18.0 Å². The summed E-state index contributed by atoms with van der Waals surface area (Å²) in [7, 11) is 0. The number of ether oxygens (including phenoxy) is 1. The molecular weight excluding hydrogens is 258 g/mol. The molecule has 20 heavy (non-hydrogen) atoms. The van der Waals surface area contributed by atoms with Crippen molar-refractivity contribution in [1.82, 2.24) is 0 Å². The highest BCUT2D eigenvalue weighted by atomic mass is 16.6. The lowest BCUT2D eigenvalue weighted by molar-refractivity contribution is -0.176. The van der Waals surface area contributed by atoms with Gasteiger partial charge in [-0.15, -0.1) is 0 Å². The molecule has 0 aliphatic heterocycles. The van der Waals surface area contributed by atoms with E-state index in [4.69, 9.17) is 15.6 Å². The highest BCUT2D eigenvalue weighted by molar-refractivity contribution is 5.90. The lowest BCUT2D eigenvalue weighted by Gasteiger charge is -2.25. The molecule has 0 saturated heterocycles. The number of aliphatic carboxylic acids is 1. The molecule has 0 amide bonds. The lowest BCUT2D eigenvalue weighted by Crippen LogP contribution is -2.52. The molecule has 5 nitrogen and oxygen atoms in total. The van der Waals surface area contributed by atoms with Crippen LogP contribution in [0.3, 0.4) is 0 Å². The van der Waals surface area contributed by atoms with Crippen LogP contribution in [0.15, 0.2) is 36.4 Å². The van der Waals surface area contributed by atoms with E-state index in [1.54, 1.807) is 19.9 Å². The standard InChI is InChI=1S/C15H19NO4/c1-11(2)10-15(16,14(18)19)20-13(17)9-8-12-6-4-3-5-7-12/h3-9,11H,10,16H2,1-2H3,(H,18,19)/b9-8+. The van der Waals surface area contributed by atoms with Gasteiger partial charge in [-0.25, -0.2) is 9.59 Å². The summed E-state index contributed by atoms with van der Waals surface area (Å²) in [6, 6.07) is 9.13. The van der Waals surface area contributed by atoms with Crippen LogP contribution in [0.25, 0.3) is 6.08 Å². The van der Waals surface area contributed by atoms with E-state index in [0.29, 0.717) is 0 Å². The minimum absolute atomic E-state index is 0.0120. The second-order valence-electron chi connectivity index (χ2n) is 4.96. The highest BCUT2D eigenvalue weighted by Crippen LogP contribution is 2.17. The molecule has 1 atom stereocenters. The Morgan fingerprint density at radius 1 is 1.35 bits per heavy atom. The average molecular weight is 277 g/mol. The van der Waals surface area contributed by atoms with E-state index >= 15 is 0 Å². The van der Waals surface area contributed by atoms with E-state index in [2.05, 4.69) is 0 Å². The van der Waals surface area contributed by atoms with Crippen molar-refractivity contribution in [3.63, 3.8) is 0 Å². The van der Waals surface area contributed by atoms with E-state index in [-0.39, 0.29) is 12.3 Å². The van der Waals surface area contributed by atoms with Gasteiger partial charge in [-0.1, -0.05) is 44.2 Å². The van der Waals surface area contributed by atoms with Gasteiger partial charge in [-0.05, 0) is 17.6 Å². The Balaban J connectivity index is 2.72. The van der Waals surface area contributed by atoms with E-state index in [1.807, 2.05) is 30.3 Å². The number of carboxylic acid groups (broad SMARTS) is 1. The lowest BCUT2D eigenvalue weighted by atomic mass is 10.0. The molecular formula is C15H19NO4. The number of carbonyl (C=O) groups is 2. The summed E-state index contributed by atoms with van der Waals surface area (Å²) in [5.74, 6) is -2.14. The van der Waals surface area contributed by atoms with Gasteiger partial charge in [0.15, 0.2) is 0 Å². The van der Waals surface area contributed by atoms with Crippen LogP contribution in [0, 0.1) is 5.92 Å². The van der Waals surface area contributed by atoms with Crippen LogP contribution >= 0.6 is 0 Å². The molecule has 1 rings (SSSR count). The summed E-state index contributed by atoms with van der Waals surface area (Å²) in [4.78, 5) is 22.8. The zero-order valence-corrected chi connectivity index (χ0v) is 11.6.